The quantitative estimate of drug-likeness (QED) is 0.578. The molecule has 0 saturated heterocycles. The van der Waals surface area contributed by atoms with Gasteiger partial charge in [0.1, 0.15) is 0 Å². The van der Waals surface area contributed by atoms with E-state index in [9.17, 15) is 0 Å². The molecular formula is C20H19N. The van der Waals surface area contributed by atoms with Crippen LogP contribution in [0.1, 0.15) is 24.1 Å². The first-order valence-corrected chi connectivity index (χ1v) is 7.38. The van der Waals surface area contributed by atoms with Crippen LogP contribution in [0.4, 0.5) is 0 Å². The van der Waals surface area contributed by atoms with Crippen LogP contribution in [0.25, 0.3) is 10.8 Å². The molecule has 3 aromatic carbocycles. The Bertz CT molecular complexity index is 739. The molecule has 104 valence electrons. The number of hydrogen-bond acceptors (Lipinski definition) is 1. The van der Waals surface area contributed by atoms with E-state index in [1.165, 1.54) is 21.9 Å². The van der Waals surface area contributed by atoms with Gasteiger partial charge >= 0.3 is 0 Å². The lowest BCUT2D eigenvalue weighted by Gasteiger charge is -2.10. The number of rotatable bonds is 4. The van der Waals surface area contributed by atoms with Gasteiger partial charge in [-0.1, -0.05) is 72.8 Å². The van der Waals surface area contributed by atoms with Crippen LogP contribution in [0.2, 0.25) is 0 Å². The first kappa shape index (κ1) is 13.6. The van der Waals surface area contributed by atoms with Crippen molar-refractivity contribution in [2.45, 2.75) is 19.4 Å². The molecule has 0 spiro atoms. The second-order valence-electron chi connectivity index (χ2n) is 5.27. The summed E-state index contributed by atoms with van der Waals surface area (Å²) < 4.78 is 0. The van der Waals surface area contributed by atoms with E-state index in [1.807, 2.05) is 12.3 Å². The van der Waals surface area contributed by atoms with E-state index in [0.717, 1.165) is 6.42 Å². The highest BCUT2D eigenvalue weighted by atomic mass is 14.8. The molecule has 0 heterocycles. The molecule has 0 bridgehead atoms. The second-order valence-corrected chi connectivity index (χ2v) is 5.27. The van der Waals surface area contributed by atoms with Crippen LogP contribution in [-0.2, 0) is 6.42 Å². The van der Waals surface area contributed by atoms with Crippen molar-refractivity contribution in [3.63, 3.8) is 0 Å². The van der Waals surface area contributed by atoms with Crippen LogP contribution in [0.5, 0.6) is 0 Å². The minimum Gasteiger partial charge on any atom is -0.289 e. The Morgan fingerprint density at radius 1 is 0.857 bits per heavy atom. The van der Waals surface area contributed by atoms with Gasteiger partial charge < -0.3 is 0 Å². The molecule has 21 heavy (non-hydrogen) atoms. The van der Waals surface area contributed by atoms with Gasteiger partial charge in [-0.25, -0.2) is 0 Å². The molecular weight excluding hydrogens is 254 g/mol. The second kappa shape index (κ2) is 6.36. The average Bonchev–Trinajstić information content (AvgIpc) is 2.55. The van der Waals surface area contributed by atoms with Gasteiger partial charge in [-0.15, -0.1) is 0 Å². The van der Waals surface area contributed by atoms with Crippen molar-refractivity contribution in [3.05, 3.63) is 83.9 Å². The summed E-state index contributed by atoms with van der Waals surface area (Å²) in [4.78, 5) is 4.71. The molecule has 0 radical (unpaired) electrons. The van der Waals surface area contributed by atoms with Crippen molar-refractivity contribution < 1.29 is 0 Å². The fourth-order valence-electron chi connectivity index (χ4n) is 2.63. The molecule has 1 heteroatoms. The fourth-order valence-corrected chi connectivity index (χ4v) is 2.63. The molecule has 1 unspecified atom stereocenters. The van der Waals surface area contributed by atoms with E-state index in [4.69, 9.17) is 4.99 Å². The van der Waals surface area contributed by atoms with Gasteiger partial charge in [0.05, 0.1) is 6.04 Å². The van der Waals surface area contributed by atoms with Gasteiger partial charge in [-0.05, 0) is 28.8 Å². The van der Waals surface area contributed by atoms with Gasteiger partial charge in [0.2, 0.25) is 0 Å². The molecule has 3 aromatic rings. The predicted molar refractivity (Wildman–Crippen MR) is 91.0 cm³/mol. The van der Waals surface area contributed by atoms with Crippen LogP contribution in [0.3, 0.4) is 0 Å². The Labute approximate surface area is 126 Å². The third-order valence-corrected chi connectivity index (χ3v) is 3.77. The maximum absolute atomic E-state index is 4.71. The van der Waals surface area contributed by atoms with Crippen molar-refractivity contribution in [3.8, 4) is 0 Å². The van der Waals surface area contributed by atoms with Crippen molar-refractivity contribution in [1.29, 1.82) is 0 Å². The zero-order chi connectivity index (χ0) is 14.5. The van der Waals surface area contributed by atoms with Crippen molar-refractivity contribution >= 4 is 17.0 Å². The molecule has 0 N–H and O–H groups in total. The smallest absolute Gasteiger partial charge is 0.0723 e. The number of fused-ring (bicyclic) bond motifs is 1. The summed E-state index contributed by atoms with van der Waals surface area (Å²) in [5, 5.41) is 2.57. The Hall–Kier alpha value is -2.41. The van der Waals surface area contributed by atoms with Crippen molar-refractivity contribution in [2.75, 3.05) is 0 Å². The zero-order valence-corrected chi connectivity index (χ0v) is 12.2. The van der Waals surface area contributed by atoms with Crippen molar-refractivity contribution in [1.82, 2.24) is 0 Å². The first-order valence-electron chi connectivity index (χ1n) is 7.38. The van der Waals surface area contributed by atoms with E-state index >= 15 is 0 Å². The molecule has 0 aromatic heterocycles. The van der Waals surface area contributed by atoms with Gasteiger partial charge in [-0.3, -0.25) is 4.99 Å². The fraction of sp³-hybridized carbons (Fsp3) is 0.150. The SMILES string of the molecule is CC(N=CCc1ccccc1)c1cccc2ccccc12. The largest absolute Gasteiger partial charge is 0.289 e. The summed E-state index contributed by atoms with van der Waals surface area (Å²) in [6.45, 7) is 2.16. The third-order valence-electron chi connectivity index (χ3n) is 3.77. The molecule has 0 aliphatic carbocycles. The minimum atomic E-state index is 0.180. The Kier molecular flexibility index (Phi) is 4.11. The molecule has 0 saturated carbocycles. The monoisotopic (exact) mass is 273 g/mol. The molecule has 3 rings (SSSR count). The van der Waals surface area contributed by atoms with E-state index in [2.05, 4.69) is 73.7 Å². The maximum Gasteiger partial charge on any atom is 0.0723 e. The minimum absolute atomic E-state index is 0.180. The van der Waals surface area contributed by atoms with Crippen molar-refractivity contribution in [2.24, 2.45) is 4.99 Å². The van der Waals surface area contributed by atoms with Crippen LogP contribution in [-0.4, -0.2) is 6.21 Å². The molecule has 1 atom stereocenters. The lowest BCUT2D eigenvalue weighted by atomic mass is 10.00. The molecule has 0 aliphatic heterocycles. The molecule has 0 aliphatic rings. The van der Waals surface area contributed by atoms with Gasteiger partial charge in [-0.2, -0.15) is 0 Å². The summed E-state index contributed by atoms with van der Waals surface area (Å²) >= 11 is 0. The first-order chi connectivity index (χ1) is 10.3. The highest BCUT2D eigenvalue weighted by Gasteiger charge is 2.06. The van der Waals surface area contributed by atoms with Gasteiger partial charge in [0, 0.05) is 12.6 Å². The van der Waals surface area contributed by atoms with Crippen LogP contribution >= 0.6 is 0 Å². The van der Waals surface area contributed by atoms with E-state index < -0.39 is 0 Å². The van der Waals surface area contributed by atoms with Gasteiger partial charge in [0.15, 0.2) is 0 Å². The standard InChI is InChI=1S/C20H19N/c1-16(21-15-14-17-8-3-2-4-9-17)19-13-7-11-18-10-5-6-12-20(18)19/h2-13,15-16H,14H2,1H3. The molecule has 1 nitrogen and oxygen atoms in total. The highest BCUT2D eigenvalue weighted by Crippen LogP contribution is 2.26. The van der Waals surface area contributed by atoms with Crippen LogP contribution in [0.15, 0.2) is 77.8 Å². The lowest BCUT2D eigenvalue weighted by Crippen LogP contribution is -1.93. The van der Waals surface area contributed by atoms with Crippen LogP contribution in [0, 0.1) is 0 Å². The maximum atomic E-state index is 4.71. The predicted octanol–water partition coefficient (Wildman–Crippen LogP) is 5.21. The average molecular weight is 273 g/mol. The Morgan fingerprint density at radius 3 is 2.43 bits per heavy atom. The normalized spacial score (nSPS) is 12.8. The molecule has 0 fully saturated rings. The zero-order valence-electron chi connectivity index (χ0n) is 12.2. The van der Waals surface area contributed by atoms with Gasteiger partial charge in [0.25, 0.3) is 0 Å². The number of hydrogen-bond donors (Lipinski definition) is 0. The third kappa shape index (κ3) is 3.19. The Balaban J connectivity index is 1.79. The molecule has 0 amide bonds. The van der Waals surface area contributed by atoms with E-state index in [-0.39, 0.29) is 6.04 Å². The Morgan fingerprint density at radius 2 is 1.57 bits per heavy atom. The number of benzene rings is 3. The summed E-state index contributed by atoms with van der Waals surface area (Å²) in [5.74, 6) is 0. The number of aliphatic imine (C=N–C) groups is 1. The summed E-state index contributed by atoms with van der Waals surface area (Å²) in [7, 11) is 0. The lowest BCUT2D eigenvalue weighted by molar-refractivity contribution is 0.830. The topological polar surface area (TPSA) is 12.4 Å². The number of nitrogens with zero attached hydrogens (tertiary/aromatic N) is 1. The summed E-state index contributed by atoms with van der Waals surface area (Å²) in [6.07, 6.45) is 2.91. The van der Waals surface area contributed by atoms with E-state index in [1.54, 1.807) is 0 Å². The highest BCUT2D eigenvalue weighted by molar-refractivity contribution is 5.86. The summed E-state index contributed by atoms with van der Waals surface area (Å²) in [5.41, 5.74) is 2.59. The van der Waals surface area contributed by atoms with Crippen LogP contribution < -0.4 is 0 Å². The summed E-state index contributed by atoms with van der Waals surface area (Å²) in [6, 6.07) is 25.6. The van der Waals surface area contributed by atoms with E-state index in [0.29, 0.717) is 0 Å².